The molecule has 0 saturated carbocycles. The van der Waals surface area contributed by atoms with Crippen molar-refractivity contribution in [2.24, 2.45) is 0 Å². The van der Waals surface area contributed by atoms with Gasteiger partial charge in [0.15, 0.2) is 5.78 Å². The first-order valence-corrected chi connectivity index (χ1v) is 8.84. The van der Waals surface area contributed by atoms with E-state index in [1.54, 1.807) is 46.8 Å². The number of carbonyl (C=O) groups excluding carboxylic acids is 1. The Morgan fingerprint density at radius 1 is 0.952 bits per heavy atom. The Morgan fingerprint density at radius 3 is 1.76 bits per heavy atom. The van der Waals surface area contributed by atoms with Gasteiger partial charge in [0, 0.05) is 5.56 Å². The highest BCUT2D eigenvalue weighted by Crippen LogP contribution is 2.55. The molecule has 4 nitrogen and oxygen atoms in total. The van der Waals surface area contributed by atoms with Crippen LogP contribution in [0.3, 0.4) is 0 Å². The fourth-order valence-electron chi connectivity index (χ4n) is 1.90. The van der Waals surface area contributed by atoms with Gasteiger partial charge in [-0.15, -0.1) is 0 Å². The van der Waals surface area contributed by atoms with Gasteiger partial charge >= 0.3 is 7.60 Å². The van der Waals surface area contributed by atoms with Crippen molar-refractivity contribution < 1.29 is 18.4 Å². The van der Waals surface area contributed by atoms with Gasteiger partial charge in [0.2, 0.25) is 0 Å². The normalized spacial score (nSPS) is 13.7. The van der Waals surface area contributed by atoms with E-state index in [9.17, 15) is 9.36 Å². The molecular formula is C16H25O4P. The quantitative estimate of drug-likeness (QED) is 0.545. The lowest BCUT2D eigenvalue weighted by atomic mass is 10.1. The predicted molar refractivity (Wildman–Crippen MR) is 85.0 cm³/mol. The van der Waals surface area contributed by atoms with Crippen LogP contribution >= 0.6 is 7.60 Å². The maximum Gasteiger partial charge on any atom is 0.341 e. The van der Waals surface area contributed by atoms with Gasteiger partial charge in [-0.05, 0) is 41.5 Å². The summed E-state index contributed by atoms with van der Waals surface area (Å²) < 4.78 is 23.9. The summed E-state index contributed by atoms with van der Waals surface area (Å²) in [5.74, 6) is -0.223. The minimum atomic E-state index is -3.51. The van der Waals surface area contributed by atoms with Crippen molar-refractivity contribution in [1.29, 1.82) is 0 Å². The Morgan fingerprint density at radius 2 is 1.38 bits per heavy atom. The molecule has 5 heteroatoms. The van der Waals surface area contributed by atoms with Crippen LogP contribution in [0.5, 0.6) is 0 Å². The summed E-state index contributed by atoms with van der Waals surface area (Å²) in [6.07, 6.45) is -0.550. The lowest BCUT2D eigenvalue weighted by molar-refractivity contribution is 0.0948. The van der Waals surface area contributed by atoms with Crippen molar-refractivity contribution in [1.82, 2.24) is 0 Å². The van der Waals surface area contributed by atoms with Gasteiger partial charge in [0.1, 0.15) is 5.66 Å². The number of carbonyl (C=O) groups is 1. The van der Waals surface area contributed by atoms with Crippen molar-refractivity contribution in [2.75, 3.05) is 0 Å². The number of aryl methyl sites for hydroxylation is 1. The highest BCUT2D eigenvalue weighted by Gasteiger charge is 2.39. The van der Waals surface area contributed by atoms with Gasteiger partial charge < -0.3 is 9.05 Å². The van der Waals surface area contributed by atoms with Crippen LogP contribution < -0.4 is 0 Å². The third-order valence-electron chi connectivity index (χ3n) is 2.91. The molecule has 21 heavy (non-hydrogen) atoms. The van der Waals surface area contributed by atoms with Crippen molar-refractivity contribution >= 4 is 13.4 Å². The first-order chi connectivity index (χ1) is 9.65. The summed E-state index contributed by atoms with van der Waals surface area (Å²) in [4.78, 5) is 12.5. The summed E-state index contributed by atoms with van der Waals surface area (Å²) in [7, 11) is -3.51. The number of rotatable bonds is 7. The van der Waals surface area contributed by atoms with Crippen LogP contribution in [0.25, 0.3) is 0 Å². The first kappa shape index (κ1) is 18.1. The topological polar surface area (TPSA) is 52.6 Å². The molecule has 1 unspecified atom stereocenters. The monoisotopic (exact) mass is 312 g/mol. The van der Waals surface area contributed by atoms with E-state index in [1.165, 1.54) is 0 Å². The smallest absolute Gasteiger partial charge is 0.305 e. The van der Waals surface area contributed by atoms with Gasteiger partial charge in [-0.3, -0.25) is 9.36 Å². The van der Waals surface area contributed by atoms with Gasteiger partial charge in [-0.2, -0.15) is 0 Å². The zero-order valence-corrected chi connectivity index (χ0v) is 14.5. The Kier molecular flexibility index (Phi) is 6.33. The maximum atomic E-state index is 13.0. The lowest BCUT2D eigenvalue weighted by Crippen LogP contribution is -2.23. The Bertz CT molecular complexity index is 506. The molecule has 0 fully saturated rings. The molecule has 0 radical (unpaired) electrons. The van der Waals surface area contributed by atoms with E-state index in [0.29, 0.717) is 5.56 Å². The zero-order chi connectivity index (χ0) is 16.2. The highest BCUT2D eigenvalue weighted by molar-refractivity contribution is 7.55. The second kappa shape index (κ2) is 7.35. The van der Waals surface area contributed by atoms with Crippen LogP contribution in [0.4, 0.5) is 0 Å². The Labute approximate surface area is 127 Å². The van der Waals surface area contributed by atoms with E-state index in [4.69, 9.17) is 9.05 Å². The van der Waals surface area contributed by atoms with Crippen LogP contribution in [-0.4, -0.2) is 23.7 Å². The molecule has 0 heterocycles. The average molecular weight is 312 g/mol. The van der Waals surface area contributed by atoms with Crippen LogP contribution in [0.15, 0.2) is 24.3 Å². The number of benzene rings is 1. The molecule has 0 N–H and O–H groups in total. The number of hydrogen-bond donors (Lipinski definition) is 0. The average Bonchev–Trinajstić information content (AvgIpc) is 2.36. The van der Waals surface area contributed by atoms with Crippen LogP contribution in [0.1, 0.15) is 50.5 Å². The van der Waals surface area contributed by atoms with Crippen LogP contribution in [0.2, 0.25) is 0 Å². The number of Topliss-reactive ketones (excluding diaryl/α,β-unsaturated/α-hetero) is 1. The zero-order valence-electron chi connectivity index (χ0n) is 13.6. The van der Waals surface area contributed by atoms with E-state index in [2.05, 4.69) is 0 Å². The summed E-state index contributed by atoms with van der Waals surface area (Å²) in [5.41, 5.74) is 0.761. The second-order valence-electron chi connectivity index (χ2n) is 5.75. The van der Waals surface area contributed by atoms with E-state index < -0.39 is 13.3 Å². The Balaban J connectivity index is 3.04. The molecule has 0 amide bonds. The molecular weight excluding hydrogens is 287 g/mol. The molecule has 0 spiro atoms. The second-order valence-corrected chi connectivity index (χ2v) is 8.03. The minimum Gasteiger partial charge on any atom is -0.305 e. The van der Waals surface area contributed by atoms with E-state index >= 15 is 0 Å². The van der Waals surface area contributed by atoms with Gasteiger partial charge in [0.05, 0.1) is 12.2 Å². The fourth-order valence-corrected chi connectivity index (χ4v) is 3.92. The molecule has 118 valence electrons. The lowest BCUT2D eigenvalue weighted by Gasteiger charge is -2.27. The minimum absolute atomic E-state index is 0.223. The summed E-state index contributed by atoms with van der Waals surface area (Å²) in [5, 5.41) is 0. The molecule has 0 aliphatic rings. The van der Waals surface area contributed by atoms with Crippen molar-refractivity contribution in [3.8, 4) is 0 Å². The predicted octanol–water partition coefficient (Wildman–Crippen LogP) is 4.61. The first-order valence-electron chi connectivity index (χ1n) is 7.23. The largest absolute Gasteiger partial charge is 0.341 e. The molecule has 1 rings (SSSR count). The summed E-state index contributed by atoms with van der Waals surface area (Å²) in [6.45, 7) is 10.7. The van der Waals surface area contributed by atoms with Crippen molar-refractivity contribution in [2.45, 2.75) is 59.4 Å². The fraction of sp³-hybridized carbons (Fsp3) is 0.562. The van der Waals surface area contributed by atoms with Crippen LogP contribution in [0, 0.1) is 6.92 Å². The van der Waals surface area contributed by atoms with E-state index in [-0.39, 0.29) is 18.0 Å². The van der Waals surface area contributed by atoms with Crippen LogP contribution in [-0.2, 0) is 13.6 Å². The molecule has 0 bridgehead atoms. The highest BCUT2D eigenvalue weighted by atomic mass is 31.2. The molecule has 0 saturated heterocycles. The SMILES string of the molecule is Cc1ccc(C(=O)C(C)P(=O)(OC(C)C)OC(C)C)cc1. The third-order valence-corrected chi connectivity index (χ3v) is 5.52. The molecule has 0 aliphatic heterocycles. The molecule has 1 aromatic carbocycles. The maximum absolute atomic E-state index is 13.0. The van der Waals surface area contributed by atoms with Gasteiger partial charge in [0.25, 0.3) is 0 Å². The summed E-state index contributed by atoms with van der Waals surface area (Å²) in [6, 6.07) is 7.20. The number of hydrogen-bond acceptors (Lipinski definition) is 4. The van der Waals surface area contributed by atoms with E-state index in [1.807, 2.05) is 19.1 Å². The molecule has 1 aromatic rings. The molecule has 1 atom stereocenters. The standard InChI is InChI=1S/C16H25O4P/c1-11(2)19-21(18,20-12(3)4)14(6)16(17)15-9-7-13(5)8-10-15/h7-12,14H,1-6H3. The molecule has 0 aromatic heterocycles. The molecule has 0 aliphatic carbocycles. The summed E-state index contributed by atoms with van der Waals surface area (Å²) >= 11 is 0. The van der Waals surface area contributed by atoms with Gasteiger partial charge in [-0.25, -0.2) is 0 Å². The number of ketones is 1. The van der Waals surface area contributed by atoms with Crippen molar-refractivity contribution in [3.05, 3.63) is 35.4 Å². The Hall–Kier alpha value is -0.960. The van der Waals surface area contributed by atoms with E-state index in [0.717, 1.165) is 5.56 Å². The van der Waals surface area contributed by atoms with Crippen molar-refractivity contribution in [3.63, 3.8) is 0 Å². The third kappa shape index (κ3) is 5.06. The van der Waals surface area contributed by atoms with Gasteiger partial charge in [-0.1, -0.05) is 29.8 Å².